The highest BCUT2D eigenvalue weighted by Crippen LogP contribution is 2.30. The van der Waals surface area contributed by atoms with E-state index in [1.165, 1.54) is 16.0 Å². The lowest BCUT2D eigenvalue weighted by Gasteiger charge is -2.28. The third-order valence-electron chi connectivity index (χ3n) is 7.50. The topological polar surface area (TPSA) is 136 Å². The maximum Gasteiger partial charge on any atom is 0.277 e. The molecule has 2 N–H and O–H groups in total. The minimum absolute atomic E-state index is 0.0601. The van der Waals surface area contributed by atoms with Gasteiger partial charge < -0.3 is 15.2 Å². The number of sulfonamides is 1. The smallest absolute Gasteiger partial charge is 0.277 e. The molecule has 1 aliphatic heterocycles. The zero-order valence-electron chi connectivity index (χ0n) is 23.6. The predicted octanol–water partition coefficient (Wildman–Crippen LogP) is 3.49. The Morgan fingerprint density at radius 3 is 2.28 bits per heavy atom. The first kappa shape index (κ1) is 28.1. The van der Waals surface area contributed by atoms with Gasteiger partial charge in [0.15, 0.2) is 5.69 Å². The Morgan fingerprint density at radius 2 is 1.60 bits per heavy atom. The number of benzene rings is 3. The Bertz CT molecular complexity index is 1930. The molecule has 0 saturated carbocycles. The fraction of sp³-hybridized carbons (Fsp3) is 0.161. The second-order valence-corrected chi connectivity index (χ2v) is 12.3. The third-order valence-corrected chi connectivity index (χ3v) is 9.32. The lowest BCUT2D eigenvalue weighted by atomic mass is 10.0. The lowest BCUT2D eigenvalue weighted by Crippen LogP contribution is -2.39. The van der Waals surface area contributed by atoms with Crippen molar-refractivity contribution in [3.63, 3.8) is 0 Å². The number of nitrogens with zero attached hydrogens (tertiary/aromatic N) is 6. The molecule has 218 valence electrons. The molecule has 3 aromatic carbocycles. The minimum Gasteiger partial charge on any atom is -0.364 e. The fourth-order valence-electron chi connectivity index (χ4n) is 5.21. The van der Waals surface area contributed by atoms with E-state index in [2.05, 4.69) is 10.1 Å². The highest BCUT2D eigenvalue weighted by Gasteiger charge is 2.34. The van der Waals surface area contributed by atoms with Gasteiger partial charge in [0, 0.05) is 42.9 Å². The van der Waals surface area contributed by atoms with Gasteiger partial charge in [0.05, 0.1) is 17.1 Å². The maximum atomic E-state index is 13.8. The van der Waals surface area contributed by atoms with Crippen molar-refractivity contribution < 1.29 is 18.0 Å². The number of carbonyl (C=O) groups excluding carboxylic acids is 2. The van der Waals surface area contributed by atoms with Crippen molar-refractivity contribution in [1.82, 2.24) is 23.6 Å². The fourth-order valence-corrected chi connectivity index (χ4v) is 6.36. The van der Waals surface area contributed by atoms with Crippen LogP contribution in [0.3, 0.4) is 0 Å². The number of hydrogen-bond donors (Lipinski definition) is 1. The van der Waals surface area contributed by atoms with Crippen LogP contribution in [-0.4, -0.2) is 57.5 Å². The Kier molecular flexibility index (Phi) is 7.16. The number of nitrogens with two attached hydrogens (primary N) is 1. The van der Waals surface area contributed by atoms with Crippen molar-refractivity contribution >= 4 is 27.5 Å². The molecule has 0 radical (unpaired) electrons. The molecule has 0 atom stereocenters. The summed E-state index contributed by atoms with van der Waals surface area (Å²) in [6.45, 7) is 2.37. The monoisotopic (exact) mass is 595 g/mol. The summed E-state index contributed by atoms with van der Waals surface area (Å²) < 4.78 is 30.6. The van der Waals surface area contributed by atoms with E-state index in [1.807, 2.05) is 60.0 Å². The molecule has 0 fully saturated rings. The first-order chi connectivity index (χ1) is 20.6. The van der Waals surface area contributed by atoms with Crippen molar-refractivity contribution in [3.05, 3.63) is 120 Å². The Balaban J connectivity index is 1.26. The van der Waals surface area contributed by atoms with Crippen LogP contribution in [0.15, 0.2) is 96.2 Å². The van der Waals surface area contributed by atoms with Crippen molar-refractivity contribution in [2.45, 2.75) is 24.8 Å². The lowest BCUT2D eigenvalue weighted by molar-refractivity contribution is 0.0972. The van der Waals surface area contributed by atoms with Crippen LogP contribution in [0.1, 0.15) is 37.9 Å². The van der Waals surface area contributed by atoms with E-state index in [1.54, 1.807) is 47.6 Å². The number of hydrogen-bond acceptors (Lipinski definition) is 6. The molecule has 5 aromatic rings. The van der Waals surface area contributed by atoms with Gasteiger partial charge in [-0.2, -0.15) is 9.40 Å². The molecule has 12 heteroatoms. The van der Waals surface area contributed by atoms with Crippen LogP contribution < -0.4 is 10.6 Å². The first-order valence-corrected chi connectivity index (χ1v) is 15.0. The molecule has 2 aromatic heterocycles. The van der Waals surface area contributed by atoms with Crippen LogP contribution in [0.5, 0.6) is 0 Å². The summed E-state index contributed by atoms with van der Waals surface area (Å²) in [5, 5.41) is 4.43. The summed E-state index contributed by atoms with van der Waals surface area (Å²) in [5.41, 5.74) is 9.72. The number of anilines is 1. The molecule has 6 rings (SSSR count). The predicted molar refractivity (Wildman–Crippen MR) is 161 cm³/mol. The van der Waals surface area contributed by atoms with Gasteiger partial charge in [-0.15, -0.1) is 0 Å². The van der Waals surface area contributed by atoms with Crippen LogP contribution in [0.4, 0.5) is 5.69 Å². The number of amides is 2. The number of primary amides is 1. The summed E-state index contributed by atoms with van der Waals surface area (Å²) in [4.78, 5) is 32.3. The summed E-state index contributed by atoms with van der Waals surface area (Å²) in [5.74, 6) is -0.425. The van der Waals surface area contributed by atoms with Crippen LogP contribution in [-0.2, 0) is 23.0 Å². The van der Waals surface area contributed by atoms with Gasteiger partial charge in [-0.25, -0.2) is 18.1 Å². The average molecular weight is 596 g/mol. The van der Waals surface area contributed by atoms with Gasteiger partial charge in [-0.3, -0.25) is 9.59 Å². The van der Waals surface area contributed by atoms with Gasteiger partial charge in [0.2, 0.25) is 10.0 Å². The number of aryl methyl sites for hydroxylation is 1. The van der Waals surface area contributed by atoms with Crippen LogP contribution >= 0.6 is 0 Å². The SMILES string of the molecule is Cc1ccc(-n2nc(C(N)=O)c3c2C(=O)N(c2ccc(-n4ccnc4CN(C)S(=O)(=O)c4ccccc4)cc2)CC3)cc1. The van der Waals surface area contributed by atoms with Crippen LogP contribution in [0.2, 0.25) is 0 Å². The summed E-state index contributed by atoms with van der Waals surface area (Å²) >= 11 is 0. The van der Waals surface area contributed by atoms with Crippen molar-refractivity contribution in [3.8, 4) is 11.4 Å². The number of carbonyl (C=O) groups is 2. The Morgan fingerprint density at radius 1 is 0.953 bits per heavy atom. The van der Waals surface area contributed by atoms with Gasteiger partial charge in [0.25, 0.3) is 11.8 Å². The molecular weight excluding hydrogens is 566 g/mol. The molecular formula is C31H29N7O4S. The molecule has 0 saturated heterocycles. The molecule has 1 aliphatic rings. The van der Waals surface area contributed by atoms with Crippen molar-refractivity contribution in [2.24, 2.45) is 5.73 Å². The van der Waals surface area contributed by atoms with E-state index in [0.29, 0.717) is 41.4 Å². The van der Waals surface area contributed by atoms with Crippen molar-refractivity contribution in [2.75, 3.05) is 18.5 Å². The summed E-state index contributed by atoms with van der Waals surface area (Å²) in [7, 11) is -2.18. The van der Waals surface area contributed by atoms with Gasteiger partial charge in [0.1, 0.15) is 11.5 Å². The van der Waals surface area contributed by atoms with Gasteiger partial charge >= 0.3 is 0 Å². The standard InChI is InChI=1S/C31H29N7O4S/c1-21-8-10-24(11-9-21)38-29-26(28(34-38)30(32)39)16-18-37(31(29)40)23-14-12-22(13-15-23)36-19-17-33-27(36)20-35(2)43(41,42)25-6-4-3-5-7-25/h3-15,17,19H,16,18,20H2,1-2H3,(H2,32,39). The number of aromatic nitrogens is 4. The second kappa shape index (κ2) is 11.0. The number of imidazole rings is 1. The molecule has 0 aliphatic carbocycles. The normalized spacial score (nSPS) is 13.4. The quantitative estimate of drug-likeness (QED) is 0.292. The molecule has 2 amide bonds. The van der Waals surface area contributed by atoms with Gasteiger partial charge in [-0.1, -0.05) is 35.9 Å². The Labute approximate surface area is 248 Å². The van der Waals surface area contributed by atoms with Gasteiger partial charge in [-0.05, 0) is 61.9 Å². The van der Waals surface area contributed by atoms with Crippen LogP contribution in [0, 0.1) is 6.92 Å². The highest BCUT2D eigenvalue weighted by atomic mass is 32.2. The average Bonchev–Trinajstić information content (AvgIpc) is 3.64. The maximum absolute atomic E-state index is 13.8. The third kappa shape index (κ3) is 5.11. The Hall–Kier alpha value is -5.07. The number of fused-ring (bicyclic) bond motifs is 1. The van der Waals surface area contributed by atoms with Crippen LogP contribution in [0.25, 0.3) is 11.4 Å². The summed E-state index contributed by atoms with van der Waals surface area (Å²) in [6, 6.07) is 23.1. The minimum atomic E-state index is -3.70. The second-order valence-electron chi connectivity index (χ2n) is 10.3. The first-order valence-electron chi connectivity index (χ1n) is 13.6. The number of rotatable bonds is 8. The highest BCUT2D eigenvalue weighted by molar-refractivity contribution is 7.89. The zero-order chi connectivity index (χ0) is 30.3. The van der Waals surface area contributed by atoms with E-state index >= 15 is 0 Å². The van der Waals surface area contributed by atoms with E-state index in [0.717, 1.165) is 11.3 Å². The molecule has 0 unspecified atom stereocenters. The molecule has 11 nitrogen and oxygen atoms in total. The van der Waals surface area contributed by atoms with E-state index in [4.69, 9.17) is 5.73 Å². The largest absolute Gasteiger partial charge is 0.364 e. The van der Waals surface area contributed by atoms with E-state index in [-0.39, 0.29) is 23.0 Å². The molecule has 43 heavy (non-hydrogen) atoms. The van der Waals surface area contributed by atoms with Crippen molar-refractivity contribution in [1.29, 1.82) is 0 Å². The molecule has 0 spiro atoms. The zero-order valence-corrected chi connectivity index (χ0v) is 24.4. The van der Waals surface area contributed by atoms with E-state index < -0.39 is 15.9 Å². The molecule has 0 bridgehead atoms. The molecule has 3 heterocycles. The van der Waals surface area contributed by atoms with E-state index in [9.17, 15) is 18.0 Å². The summed E-state index contributed by atoms with van der Waals surface area (Å²) in [6.07, 6.45) is 3.79.